The molecule has 5 nitrogen and oxygen atoms in total. The van der Waals surface area contributed by atoms with Crippen molar-refractivity contribution < 1.29 is 9.59 Å². The molecule has 2 saturated heterocycles. The van der Waals surface area contributed by atoms with E-state index in [1.165, 1.54) is 0 Å². The highest BCUT2D eigenvalue weighted by molar-refractivity contribution is 9.10. The van der Waals surface area contributed by atoms with Gasteiger partial charge in [-0.3, -0.25) is 9.59 Å². The highest BCUT2D eigenvalue weighted by atomic mass is 79.9. The van der Waals surface area contributed by atoms with E-state index >= 15 is 0 Å². The van der Waals surface area contributed by atoms with Crippen LogP contribution in [0.25, 0.3) is 0 Å². The van der Waals surface area contributed by atoms with Gasteiger partial charge in [-0.05, 0) is 56.5 Å². The average Bonchev–Trinajstić information content (AvgIpc) is 2.64. The maximum absolute atomic E-state index is 12.5. The number of anilines is 1. The molecule has 2 heterocycles. The predicted octanol–water partition coefficient (Wildman–Crippen LogP) is 3.05. The number of nitrogens with zero attached hydrogens (tertiary/aromatic N) is 1. The molecule has 0 saturated carbocycles. The molecule has 1 unspecified atom stereocenters. The van der Waals surface area contributed by atoms with E-state index < -0.39 is 0 Å². The van der Waals surface area contributed by atoms with Crippen LogP contribution in [0, 0.1) is 11.8 Å². The highest BCUT2D eigenvalue weighted by Gasteiger charge is 2.31. The Morgan fingerprint density at radius 3 is 2.36 bits per heavy atom. The van der Waals surface area contributed by atoms with Crippen molar-refractivity contribution in [1.82, 2.24) is 10.2 Å². The zero-order valence-electron chi connectivity index (χ0n) is 14.2. The molecule has 0 aromatic heterocycles. The van der Waals surface area contributed by atoms with E-state index in [4.69, 9.17) is 0 Å². The smallest absolute Gasteiger partial charge is 0.227 e. The van der Waals surface area contributed by atoms with Crippen molar-refractivity contribution in [2.75, 3.05) is 31.5 Å². The van der Waals surface area contributed by atoms with Gasteiger partial charge in [-0.15, -0.1) is 12.4 Å². The predicted molar refractivity (Wildman–Crippen MR) is 105 cm³/mol. The quantitative estimate of drug-likeness (QED) is 0.775. The van der Waals surface area contributed by atoms with Crippen LogP contribution in [0.4, 0.5) is 5.69 Å². The molecule has 0 bridgehead atoms. The summed E-state index contributed by atoms with van der Waals surface area (Å²) in [6.07, 6.45) is 3.54. The summed E-state index contributed by atoms with van der Waals surface area (Å²) in [6, 6.07) is 7.59. The van der Waals surface area contributed by atoms with Gasteiger partial charge < -0.3 is 15.5 Å². The maximum Gasteiger partial charge on any atom is 0.227 e. The third kappa shape index (κ3) is 5.43. The van der Waals surface area contributed by atoms with Gasteiger partial charge in [0.25, 0.3) is 0 Å². The topological polar surface area (TPSA) is 61.4 Å². The molecule has 0 radical (unpaired) electrons. The lowest BCUT2D eigenvalue weighted by atomic mass is 9.93. The minimum absolute atomic E-state index is 0. The number of hydrogen-bond donors (Lipinski definition) is 2. The second kappa shape index (κ2) is 9.55. The Balaban J connectivity index is 0.00000225. The monoisotopic (exact) mass is 429 g/mol. The van der Waals surface area contributed by atoms with Gasteiger partial charge in [-0.2, -0.15) is 0 Å². The fraction of sp³-hybridized carbons (Fsp3) is 0.556. The number of benzene rings is 1. The number of likely N-dealkylation sites (tertiary alicyclic amines) is 1. The van der Waals surface area contributed by atoms with Gasteiger partial charge in [0.1, 0.15) is 0 Å². The molecule has 2 N–H and O–H groups in total. The summed E-state index contributed by atoms with van der Waals surface area (Å²) in [7, 11) is 0. The number of piperidine rings is 2. The lowest BCUT2D eigenvalue weighted by Gasteiger charge is -2.34. The van der Waals surface area contributed by atoms with Crippen LogP contribution in [-0.4, -0.2) is 42.9 Å². The standard InChI is InChI=1S/C18H24BrN3O2.ClH/c19-15-3-5-16(6-4-15)21-17(23)13-7-10-22(11-8-13)18(24)14-2-1-9-20-12-14;/h3-6,13-14,20H,1-2,7-12H2,(H,21,23);1H. The fourth-order valence-electron chi connectivity index (χ4n) is 3.46. The average molecular weight is 431 g/mol. The van der Waals surface area contributed by atoms with Crippen molar-refractivity contribution >= 4 is 45.8 Å². The Kier molecular flexibility index (Phi) is 7.72. The zero-order valence-corrected chi connectivity index (χ0v) is 16.6. The third-order valence-corrected chi connectivity index (χ3v) is 5.46. The van der Waals surface area contributed by atoms with Crippen LogP contribution >= 0.6 is 28.3 Å². The van der Waals surface area contributed by atoms with Gasteiger partial charge >= 0.3 is 0 Å². The van der Waals surface area contributed by atoms with Crippen molar-refractivity contribution in [1.29, 1.82) is 0 Å². The van der Waals surface area contributed by atoms with E-state index in [1.807, 2.05) is 29.2 Å². The Hall–Kier alpha value is -1.11. The van der Waals surface area contributed by atoms with Crippen LogP contribution in [0.1, 0.15) is 25.7 Å². The molecule has 1 aromatic carbocycles. The van der Waals surface area contributed by atoms with Gasteiger partial charge in [0.2, 0.25) is 11.8 Å². The third-order valence-electron chi connectivity index (χ3n) is 4.94. The van der Waals surface area contributed by atoms with Crippen molar-refractivity contribution in [3.63, 3.8) is 0 Å². The molecule has 25 heavy (non-hydrogen) atoms. The highest BCUT2D eigenvalue weighted by Crippen LogP contribution is 2.23. The molecule has 2 aliphatic heterocycles. The van der Waals surface area contributed by atoms with Gasteiger partial charge in [-0.1, -0.05) is 15.9 Å². The number of carbonyl (C=O) groups is 2. The van der Waals surface area contributed by atoms with Crippen LogP contribution in [0.5, 0.6) is 0 Å². The first-order valence-electron chi connectivity index (χ1n) is 8.69. The summed E-state index contributed by atoms with van der Waals surface area (Å²) in [5.41, 5.74) is 0.815. The van der Waals surface area contributed by atoms with Gasteiger partial charge in [0, 0.05) is 35.7 Å². The first kappa shape index (κ1) is 20.2. The second-order valence-electron chi connectivity index (χ2n) is 6.64. The molecular weight excluding hydrogens is 406 g/mol. The van der Waals surface area contributed by atoms with Crippen LogP contribution < -0.4 is 10.6 Å². The van der Waals surface area contributed by atoms with E-state index in [-0.39, 0.29) is 36.1 Å². The summed E-state index contributed by atoms with van der Waals surface area (Å²) in [4.78, 5) is 26.9. The van der Waals surface area contributed by atoms with Gasteiger partial charge in [0.05, 0.1) is 5.92 Å². The van der Waals surface area contributed by atoms with Crippen LogP contribution in [0.3, 0.4) is 0 Å². The Bertz CT molecular complexity index is 582. The first-order valence-corrected chi connectivity index (χ1v) is 9.49. The SMILES string of the molecule is Cl.O=C(Nc1ccc(Br)cc1)C1CCN(C(=O)C2CCCNC2)CC1. The normalized spacial score (nSPS) is 21.3. The number of halogens is 2. The Labute approximate surface area is 163 Å². The molecule has 3 rings (SSSR count). The van der Waals surface area contributed by atoms with E-state index in [2.05, 4.69) is 26.6 Å². The van der Waals surface area contributed by atoms with Crippen molar-refractivity contribution in [3.05, 3.63) is 28.7 Å². The van der Waals surface area contributed by atoms with E-state index in [0.717, 1.165) is 48.9 Å². The molecule has 0 aliphatic carbocycles. The minimum atomic E-state index is -0.0119. The van der Waals surface area contributed by atoms with Crippen LogP contribution in [0.2, 0.25) is 0 Å². The molecule has 2 amide bonds. The minimum Gasteiger partial charge on any atom is -0.342 e. The summed E-state index contributed by atoms with van der Waals surface area (Å²) < 4.78 is 0.990. The largest absolute Gasteiger partial charge is 0.342 e. The number of nitrogens with one attached hydrogen (secondary N) is 2. The van der Waals surface area contributed by atoms with Crippen molar-refractivity contribution in [2.45, 2.75) is 25.7 Å². The molecule has 2 aliphatic rings. The fourth-order valence-corrected chi connectivity index (χ4v) is 3.72. The maximum atomic E-state index is 12.5. The van der Waals surface area contributed by atoms with Crippen LogP contribution in [0.15, 0.2) is 28.7 Å². The zero-order chi connectivity index (χ0) is 16.9. The molecule has 7 heteroatoms. The first-order chi connectivity index (χ1) is 11.6. The van der Waals surface area contributed by atoms with Crippen LogP contribution in [-0.2, 0) is 9.59 Å². The summed E-state index contributed by atoms with van der Waals surface area (Å²) in [5.74, 6) is 0.423. The molecule has 138 valence electrons. The lowest BCUT2D eigenvalue weighted by Crippen LogP contribution is -2.47. The van der Waals surface area contributed by atoms with E-state index in [1.54, 1.807) is 0 Å². The molecule has 2 fully saturated rings. The number of rotatable bonds is 3. The van der Waals surface area contributed by atoms with E-state index in [0.29, 0.717) is 13.1 Å². The Morgan fingerprint density at radius 1 is 1.08 bits per heavy atom. The lowest BCUT2D eigenvalue weighted by molar-refractivity contribution is -0.138. The molecule has 0 spiro atoms. The molecule has 1 aromatic rings. The molecule has 1 atom stereocenters. The Morgan fingerprint density at radius 2 is 1.76 bits per heavy atom. The van der Waals surface area contributed by atoms with Gasteiger partial charge in [-0.25, -0.2) is 0 Å². The van der Waals surface area contributed by atoms with Gasteiger partial charge in [0.15, 0.2) is 0 Å². The van der Waals surface area contributed by atoms with Crippen molar-refractivity contribution in [3.8, 4) is 0 Å². The van der Waals surface area contributed by atoms with E-state index in [9.17, 15) is 9.59 Å². The number of carbonyl (C=O) groups excluding carboxylic acids is 2. The molecular formula is C18H25BrClN3O2. The number of amides is 2. The summed E-state index contributed by atoms with van der Waals surface area (Å²) >= 11 is 3.39. The summed E-state index contributed by atoms with van der Waals surface area (Å²) in [5, 5.41) is 6.27. The van der Waals surface area contributed by atoms with Crippen molar-refractivity contribution in [2.24, 2.45) is 11.8 Å². The number of hydrogen-bond acceptors (Lipinski definition) is 3. The summed E-state index contributed by atoms with van der Waals surface area (Å²) in [6.45, 7) is 3.19. The second-order valence-corrected chi connectivity index (χ2v) is 7.55.